The van der Waals surface area contributed by atoms with Crippen molar-refractivity contribution < 1.29 is 0 Å². The third-order valence-electron chi connectivity index (χ3n) is 1.29. The smallest absolute Gasteiger partial charge is 0.0934 e. The lowest BCUT2D eigenvalue weighted by Gasteiger charge is -2.13. The Morgan fingerprint density at radius 2 is 2.50 bits per heavy atom. The van der Waals surface area contributed by atoms with Gasteiger partial charge < -0.3 is 10.7 Å². The Balaban J connectivity index is 2.59. The Morgan fingerprint density at radius 1 is 1.88 bits per heavy atom. The van der Waals surface area contributed by atoms with Crippen LogP contribution in [0.5, 0.6) is 0 Å². The molecule has 1 aliphatic rings. The van der Waals surface area contributed by atoms with Crippen molar-refractivity contribution in [1.29, 1.82) is 0 Å². The summed E-state index contributed by atoms with van der Waals surface area (Å²) in [6.45, 7) is 2.01. The van der Waals surface area contributed by atoms with E-state index in [9.17, 15) is 0 Å². The fourth-order valence-corrected chi connectivity index (χ4v) is 0.734. The van der Waals surface area contributed by atoms with E-state index in [4.69, 9.17) is 5.73 Å². The van der Waals surface area contributed by atoms with Gasteiger partial charge in [-0.2, -0.15) is 0 Å². The van der Waals surface area contributed by atoms with Gasteiger partial charge in [0.05, 0.1) is 6.17 Å². The third kappa shape index (κ3) is 0.827. The van der Waals surface area contributed by atoms with E-state index >= 15 is 0 Å². The molecular weight excluding hydrogens is 102 g/mol. The van der Waals surface area contributed by atoms with Crippen LogP contribution in [-0.2, 0) is 0 Å². The second kappa shape index (κ2) is 1.76. The first kappa shape index (κ1) is 5.59. The minimum Gasteiger partial charge on any atom is -0.314 e. The van der Waals surface area contributed by atoms with Crippen LogP contribution in [-0.4, -0.2) is 18.2 Å². The molecule has 1 atom stereocenters. The Hall–Kier alpha value is -0.540. The zero-order valence-electron chi connectivity index (χ0n) is 5.18. The SMILES string of the molecule is CC1=CC(N)NN1C. The molecule has 0 spiro atoms. The fraction of sp³-hybridized carbons (Fsp3) is 0.600. The van der Waals surface area contributed by atoms with Gasteiger partial charge in [-0.15, -0.1) is 0 Å². The van der Waals surface area contributed by atoms with E-state index in [-0.39, 0.29) is 6.17 Å². The van der Waals surface area contributed by atoms with Crippen LogP contribution in [0.15, 0.2) is 11.8 Å². The number of nitrogens with two attached hydrogens (primary N) is 1. The highest BCUT2D eigenvalue weighted by Gasteiger charge is 2.10. The highest BCUT2D eigenvalue weighted by molar-refractivity contribution is 5.05. The van der Waals surface area contributed by atoms with E-state index < -0.39 is 0 Å². The minimum atomic E-state index is 0.0139. The fourth-order valence-electron chi connectivity index (χ4n) is 0.734. The second-order valence-electron chi connectivity index (χ2n) is 2.02. The predicted octanol–water partition coefficient (Wildman–Crippen LogP) is -0.375. The van der Waals surface area contributed by atoms with Crippen molar-refractivity contribution in [3.8, 4) is 0 Å². The van der Waals surface area contributed by atoms with Gasteiger partial charge in [0.2, 0.25) is 0 Å². The second-order valence-corrected chi connectivity index (χ2v) is 2.02. The summed E-state index contributed by atoms with van der Waals surface area (Å²) in [4.78, 5) is 0. The molecule has 3 N–H and O–H groups in total. The molecule has 0 aromatic heterocycles. The zero-order chi connectivity index (χ0) is 6.15. The first-order chi connectivity index (χ1) is 3.70. The molecule has 1 unspecified atom stereocenters. The number of allylic oxidation sites excluding steroid dienone is 1. The highest BCUT2D eigenvalue weighted by Crippen LogP contribution is 2.03. The molecule has 0 fully saturated rings. The zero-order valence-corrected chi connectivity index (χ0v) is 5.18. The third-order valence-corrected chi connectivity index (χ3v) is 1.29. The Labute approximate surface area is 49.1 Å². The molecule has 1 aliphatic heterocycles. The molecule has 0 saturated carbocycles. The van der Waals surface area contributed by atoms with E-state index in [1.165, 1.54) is 5.70 Å². The normalized spacial score (nSPS) is 28.6. The van der Waals surface area contributed by atoms with E-state index in [0.717, 1.165) is 0 Å². The molecule has 0 aromatic carbocycles. The van der Waals surface area contributed by atoms with Crippen LogP contribution in [0.3, 0.4) is 0 Å². The molecule has 8 heavy (non-hydrogen) atoms. The van der Waals surface area contributed by atoms with Crippen LogP contribution in [0.4, 0.5) is 0 Å². The number of hydrogen-bond acceptors (Lipinski definition) is 3. The summed E-state index contributed by atoms with van der Waals surface area (Å²) in [5.74, 6) is 0. The van der Waals surface area contributed by atoms with E-state index in [1.807, 2.05) is 25.1 Å². The standard InChI is InChI=1S/C5H11N3/c1-4-3-5(6)7-8(4)2/h3,5,7H,6H2,1-2H3. The molecule has 3 heteroatoms. The predicted molar refractivity (Wildman–Crippen MR) is 32.6 cm³/mol. The lowest BCUT2D eigenvalue weighted by Crippen LogP contribution is -2.38. The lowest BCUT2D eigenvalue weighted by atomic mass is 10.4. The summed E-state index contributed by atoms with van der Waals surface area (Å²) in [6, 6.07) is 0. The largest absolute Gasteiger partial charge is 0.314 e. The van der Waals surface area contributed by atoms with Crippen molar-refractivity contribution in [3.05, 3.63) is 11.8 Å². The molecule has 1 rings (SSSR count). The molecule has 0 saturated heterocycles. The van der Waals surface area contributed by atoms with Gasteiger partial charge in [0, 0.05) is 12.7 Å². The number of nitrogens with one attached hydrogen (secondary N) is 1. The highest BCUT2D eigenvalue weighted by atomic mass is 15.5. The summed E-state index contributed by atoms with van der Waals surface area (Å²) in [7, 11) is 1.94. The van der Waals surface area contributed by atoms with Crippen LogP contribution in [0.2, 0.25) is 0 Å². The van der Waals surface area contributed by atoms with E-state index in [0.29, 0.717) is 0 Å². The molecule has 0 aromatic rings. The summed E-state index contributed by atoms with van der Waals surface area (Å²) >= 11 is 0. The average Bonchev–Trinajstić information content (AvgIpc) is 1.85. The van der Waals surface area contributed by atoms with Crippen LogP contribution in [0, 0.1) is 0 Å². The molecule has 0 radical (unpaired) electrons. The Morgan fingerprint density at radius 3 is 2.62 bits per heavy atom. The van der Waals surface area contributed by atoms with Crippen LogP contribution < -0.4 is 11.2 Å². The summed E-state index contributed by atoms with van der Waals surface area (Å²) in [5, 5.41) is 1.91. The van der Waals surface area contributed by atoms with Crippen molar-refractivity contribution in [2.45, 2.75) is 13.1 Å². The number of hydrazine groups is 1. The number of nitrogens with zero attached hydrogens (tertiary/aromatic N) is 1. The van der Waals surface area contributed by atoms with Crippen molar-refractivity contribution in [3.63, 3.8) is 0 Å². The molecule has 3 nitrogen and oxygen atoms in total. The number of rotatable bonds is 0. The van der Waals surface area contributed by atoms with Crippen molar-refractivity contribution in [2.75, 3.05) is 7.05 Å². The van der Waals surface area contributed by atoms with Crippen molar-refractivity contribution in [1.82, 2.24) is 10.4 Å². The van der Waals surface area contributed by atoms with Gasteiger partial charge in [-0.1, -0.05) is 0 Å². The van der Waals surface area contributed by atoms with Gasteiger partial charge in [-0.05, 0) is 13.0 Å². The molecule has 0 bridgehead atoms. The van der Waals surface area contributed by atoms with Gasteiger partial charge >= 0.3 is 0 Å². The maximum absolute atomic E-state index is 5.49. The van der Waals surface area contributed by atoms with Gasteiger partial charge in [0.25, 0.3) is 0 Å². The monoisotopic (exact) mass is 113 g/mol. The van der Waals surface area contributed by atoms with Crippen LogP contribution in [0.1, 0.15) is 6.92 Å². The van der Waals surface area contributed by atoms with Gasteiger partial charge in [-0.3, -0.25) is 0 Å². The molecular formula is C5H11N3. The van der Waals surface area contributed by atoms with E-state index in [1.54, 1.807) is 0 Å². The van der Waals surface area contributed by atoms with Crippen LogP contribution >= 0.6 is 0 Å². The van der Waals surface area contributed by atoms with Gasteiger partial charge in [0.15, 0.2) is 0 Å². The van der Waals surface area contributed by atoms with E-state index in [2.05, 4.69) is 5.43 Å². The first-order valence-corrected chi connectivity index (χ1v) is 2.64. The van der Waals surface area contributed by atoms with Gasteiger partial charge in [0.1, 0.15) is 0 Å². The summed E-state index contributed by atoms with van der Waals surface area (Å²) in [5.41, 5.74) is 9.65. The number of hydrogen-bond donors (Lipinski definition) is 2. The molecule has 0 amide bonds. The average molecular weight is 113 g/mol. The molecule has 1 heterocycles. The Bertz CT molecular complexity index is 119. The topological polar surface area (TPSA) is 41.3 Å². The maximum Gasteiger partial charge on any atom is 0.0934 e. The van der Waals surface area contributed by atoms with Gasteiger partial charge in [-0.25, -0.2) is 5.43 Å². The lowest BCUT2D eigenvalue weighted by molar-refractivity contribution is 0.311. The maximum atomic E-state index is 5.49. The summed E-state index contributed by atoms with van der Waals surface area (Å²) in [6.07, 6.45) is 1.99. The molecule has 46 valence electrons. The Kier molecular flexibility index (Phi) is 1.23. The summed E-state index contributed by atoms with van der Waals surface area (Å²) < 4.78 is 0. The van der Waals surface area contributed by atoms with Crippen LogP contribution in [0.25, 0.3) is 0 Å². The van der Waals surface area contributed by atoms with Crippen molar-refractivity contribution in [2.24, 2.45) is 5.73 Å². The molecule has 0 aliphatic carbocycles. The van der Waals surface area contributed by atoms with Crippen molar-refractivity contribution >= 4 is 0 Å². The quantitative estimate of drug-likeness (QED) is 0.450. The first-order valence-electron chi connectivity index (χ1n) is 2.64. The minimum absolute atomic E-state index is 0.0139.